The third-order valence-electron chi connectivity index (χ3n) is 5.93. The van der Waals surface area contributed by atoms with Crippen molar-refractivity contribution >= 4 is 5.91 Å². The zero-order valence-electron chi connectivity index (χ0n) is 20.9. The molecule has 2 N–H and O–H groups in total. The van der Waals surface area contributed by atoms with Crippen molar-refractivity contribution in [1.29, 1.82) is 0 Å². The monoisotopic (exact) mass is 447 g/mol. The lowest BCUT2D eigenvalue weighted by atomic mass is 10.0. The Bertz CT molecular complexity index is 556. The summed E-state index contributed by atoms with van der Waals surface area (Å²) in [7, 11) is 0. The maximum atomic E-state index is 11.9. The summed E-state index contributed by atoms with van der Waals surface area (Å²) in [6, 6.07) is 7.28. The first kappa shape index (κ1) is 28.5. The van der Waals surface area contributed by atoms with E-state index in [-0.39, 0.29) is 12.5 Å². The Morgan fingerprint density at radius 2 is 1.28 bits per heavy atom. The van der Waals surface area contributed by atoms with Gasteiger partial charge in [-0.1, -0.05) is 97.3 Å². The first-order valence-electron chi connectivity index (χ1n) is 13.3. The SMILES string of the molecule is CC(C)CCCCCCCCCCCCCCCOc1ccc(C(=O)NCCCO)cc1. The van der Waals surface area contributed by atoms with Gasteiger partial charge in [-0.3, -0.25) is 4.79 Å². The number of carbonyl (C=O) groups excluding carboxylic acids is 1. The summed E-state index contributed by atoms with van der Waals surface area (Å²) < 4.78 is 5.79. The lowest BCUT2D eigenvalue weighted by molar-refractivity contribution is 0.0951. The minimum absolute atomic E-state index is 0.0892. The molecule has 0 spiro atoms. The molecule has 1 aromatic rings. The Labute approximate surface area is 197 Å². The highest BCUT2D eigenvalue weighted by Crippen LogP contribution is 2.15. The predicted molar refractivity (Wildman–Crippen MR) is 135 cm³/mol. The zero-order chi connectivity index (χ0) is 23.3. The van der Waals surface area contributed by atoms with E-state index in [2.05, 4.69) is 19.2 Å². The van der Waals surface area contributed by atoms with Gasteiger partial charge in [-0.25, -0.2) is 0 Å². The van der Waals surface area contributed by atoms with Gasteiger partial charge in [0.1, 0.15) is 5.75 Å². The first-order chi connectivity index (χ1) is 15.6. The lowest BCUT2D eigenvalue weighted by Gasteiger charge is -2.08. The molecular weight excluding hydrogens is 398 g/mol. The molecule has 4 nitrogen and oxygen atoms in total. The van der Waals surface area contributed by atoms with Crippen LogP contribution in [0.1, 0.15) is 121 Å². The molecule has 32 heavy (non-hydrogen) atoms. The van der Waals surface area contributed by atoms with E-state index in [4.69, 9.17) is 9.84 Å². The van der Waals surface area contributed by atoms with Crippen LogP contribution in [0.5, 0.6) is 5.75 Å². The summed E-state index contributed by atoms with van der Waals surface area (Å²) in [6.45, 7) is 5.96. The van der Waals surface area contributed by atoms with Crippen molar-refractivity contribution in [2.45, 2.75) is 110 Å². The molecule has 184 valence electrons. The number of amides is 1. The van der Waals surface area contributed by atoms with Crippen LogP contribution < -0.4 is 10.1 Å². The van der Waals surface area contributed by atoms with Crippen molar-refractivity contribution in [3.05, 3.63) is 29.8 Å². The molecule has 1 aromatic carbocycles. The fraction of sp³-hybridized carbons (Fsp3) is 0.750. The molecule has 0 atom stereocenters. The van der Waals surface area contributed by atoms with Crippen molar-refractivity contribution in [3.63, 3.8) is 0 Å². The number of nitrogens with one attached hydrogen (secondary N) is 1. The second kappa shape index (κ2) is 20.1. The Hall–Kier alpha value is -1.55. The maximum Gasteiger partial charge on any atom is 0.251 e. The van der Waals surface area contributed by atoms with Crippen LogP contribution in [-0.2, 0) is 0 Å². The first-order valence-corrected chi connectivity index (χ1v) is 13.3. The van der Waals surface area contributed by atoms with E-state index in [1.165, 1.54) is 83.5 Å². The molecule has 1 amide bonds. The van der Waals surface area contributed by atoms with Crippen LogP contribution in [0.4, 0.5) is 0 Å². The van der Waals surface area contributed by atoms with Gasteiger partial charge in [0.15, 0.2) is 0 Å². The topological polar surface area (TPSA) is 58.6 Å². The molecular formula is C28H49NO3. The van der Waals surface area contributed by atoms with Crippen LogP contribution >= 0.6 is 0 Å². The van der Waals surface area contributed by atoms with Crippen LogP contribution in [0, 0.1) is 5.92 Å². The number of hydrogen-bond donors (Lipinski definition) is 2. The van der Waals surface area contributed by atoms with Gasteiger partial charge in [-0.15, -0.1) is 0 Å². The van der Waals surface area contributed by atoms with E-state index in [1.54, 1.807) is 12.1 Å². The second-order valence-corrected chi connectivity index (χ2v) is 9.48. The molecule has 0 aliphatic carbocycles. The third kappa shape index (κ3) is 16.1. The van der Waals surface area contributed by atoms with Gasteiger partial charge in [0.2, 0.25) is 0 Å². The number of aliphatic hydroxyl groups is 1. The van der Waals surface area contributed by atoms with Crippen molar-refractivity contribution in [2.75, 3.05) is 19.8 Å². The van der Waals surface area contributed by atoms with Gasteiger partial charge in [-0.2, -0.15) is 0 Å². The molecule has 0 unspecified atom stereocenters. The predicted octanol–water partition coefficient (Wildman–Crippen LogP) is 7.30. The molecule has 0 saturated heterocycles. The number of ether oxygens (including phenoxy) is 1. The molecule has 0 bridgehead atoms. The summed E-state index contributed by atoms with van der Waals surface area (Å²) >= 11 is 0. The van der Waals surface area contributed by atoms with Crippen LogP contribution in [0.2, 0.25) is 0 Å². The Kier molecular flexibility index (Phi) is 17.9. The average Bonchev–Trinajstić information content (AvgIpc) is 2.79. The molecule has 0 aliphatic rings. The summed E-state index contributed by atoms with van der Waals surface area (Å²) in [5.41, 5.74) is 0.622. The minimum Gasteiger partial charge on any atom is -0.494 e. The normalized spacial score (nSPS) is 11.1. The van der Waals surface area contributed by atoms with Gasteiger partial charge >= 0.3 is 0 Å². The molecule has 0 radical (unpaired) electrons. The molecule has 0 saturated carbocycles. The highest BCUT2D eigenvalue weighted by molar-refractivity contribution is 5.94. The van der Waals surface area contributed by atoms with E-state index < -0.39 is 0 Å². The van der Waals surface area contributed by atoms with Gasteiger partial charge in [0, 0.05) is 18.7 Å². The summed E-state index contributed by atoms with van der Waals surface area (Å²) in [4.78, 5) is 11.9. The highest BCUT2D eigenvalue weighted by Gasteiger charge is 2.04. The number of carbonyl (C=O) groups is 1. The number of unbranched alkanes of at least 4 members (excludes halogenated alkanes) is 12. The minimum atomic E-state index is -0.109. The second-order valence-electron chi connectivity index (χ2n) is 9.48. The van der Waals surface area contributed by atoms with Crippen molar-refractivity contribution in [1.82, 2.24) is 5.32 Å². The third-order valence-corrected chi connectivity index (χ3v) is 5.93. The van der Waals surface area contributed by atoms with Crippen LogP contribution in [-0.4, -0.2) is 30.8 Å². The summed E-state index contributed by atoms with van der Waals surface area (Å²) in [5, 5.41) is 11.5. The van der Waals surface area contributed by atoms with Crippen LogP contribution in [0.3, 0.4) is 0 Å². The molecule has 4 heteroatoms. The quantitative estimate of drug-likeness (QED) is 0.194. The van der Waals surface area contributed by atoms with Gasteiger partial charge in [-0.05, 0) is 43.0 Å². The van der Waals surface area contributed by atoms with E-state index in [0.29, 0.717) is 18.5 Å². The lowest BCUT2D eigenvalue weighted by Crippen LogP contribution is -2.24. The Balaban J connectivity index is 1.88. The number of rotatable bonds is 21. The van der Waals surface area contributed by atoms with E-state index in [0.717, 1.165) is 24.7 Å². The summed E-state index contributed by atoms with van der Waals surface area (Å²) in [5.74, 6) is 1.57. The van der Waals surface area contributed by atoms with Crippen LogP contribution in [0.25, 0.3) is 0 Å². The standard InChI is InChI=1S/C28H49NO3/c1-25(2)17-14-12-10-8-6-4-3-5-7-9-11-13-15-24-32-27-20-18-26(19-21-27)28(31)29-22-16-23-30/h18-21,25,30H,3-17,22-24H2,1-2H3,(H,29,31). The molecule has 0 aromatic heterocycles. The van der Waals surface area contributed by atoms with Crippen molar-refractivity contribution in [2.24, 2.45) is 5.92 Å². The smallest absolute Gasteiger partial charge is 0.251 e. The van der Waals surface area contributed by atoms with Gasteiger partial charge in [0.25, 0.3) is 5.91 Å². The maximum absolute atomic E-state index is 11.9. The van der Waals surface area contributed by atoms with E-state index >= 15 is 0 Å². The Morgan fingerprint density at radius 1 is 0.781 bits per heavy atom. The van der Waals surface area contributed by atoms with Crippen molar-refractivity contribution < 1.29 is 14.6 Å². The average molecular weight is 448 g/mol. The fourth-order valence-electron chi connectivity index (χ4n) is 3.87. The molecule has 0 heterocycles. The highest BCUT2D eigenvalue weighted by atomic mass is 16.5. The van der Waals surface area contributed by atoms with Gasteiger partial charge in [0.05, 0.1) is 6.61 Å². The Morgan fingerprint density at radius 3 is 1.78 bits per heavy atom. The van der Waals surface area contributed by atoms with E-state index in [9.17, 15) is 4.79 Å². The largest absolute Gasteiger partial charge is 0.494 e. The molecule has 1 rings (SSSR count). The number of aliphatic hydroxyl groups excluding tert-OH is 1. The summed E-state index contributed by atoms with van der Waals surface area (Å²) in [6.07, 6.45) is 19.6. The van der Waals surface area contributed by atoms with Crippen LogP contribution in [0.15, 0.2) is 24.3 Å². The van der Waals surface area contributed by atoms with Gasteiger partial charge < -0.3 is 15.2 Å². The fourth-order valence-corrected chi connectivity index (χ4v) is 3.87. The van der Waals surface area contributed by atoms with E-state index in [1.807, 2.05) is 12.1 Å². The molecule has 0 aliphatic heterocycles. The molecule has 0 fully saturated rings. The number of benzene rings is 1. The zero-order valence-corrected chi connectivity index (χ0v) is 20.9. The van der Waals surface area contributed by atoms with Crippen molar-refractivity contribution in [3.8, 4) is 5.75 Å². The number of hydrogen-bond acceptors (Lipinski definition) is 3.